The van der Waals surface area contributed by atoms with E-state index in [-0.39, 0.29) is 0 Å². The first kappa shape index (κ1) is 12.3. The largest absolute Gasteiger partial charge is 0.507 e. The molecule has 7 heteroatoms. The summed E-state index contributed by atoms with van der Waals surface area (Å²) in [6.45, 7) is 0. The van der Waals surface area contributed by atoms with E-state index in [2.05, 4.69) is 0 Å². The number of benzene rings is 1. The van der Waals surface area contributed by atoms with Crippen LogP contribution in [0.15, 0.2) is 12.1 Å². The fourth-order valence-electron chi connectivity index (χ4n) is 1.11. The molecular formula is C9H9F2NO4. The Morgan fingerprint density at radius 2 is 1.75 bits per heavy atom. The molecule has 1 amide bonds. The van der Waals surface area contributed by atoms with Crippen LogP contribution in [0, 0.1) is 11.6 Å². The highest BCUT2D eigenvalue weighted by Gasteiger charge is 2.27. The summed E-state index contributed by atoms with van der Waals surface area (Å²) >= 11 is 0. The van der Waals surface area contributed by atoms with Crippen molar-refractivity contribution in [3.05, 3.63) is 29.3 Å². The van der Waals surface area contributed by atoms with E-state index in [9.17, 15) is 23.8 Å². The Morgan fingerprint density at radius 1 is 1.25 bits per heavy atom. The molecule has 0 aliphatic heterocycles. The van der Waals surface area contributed by atoms with Crippen molar-refractivity contribution in [2.75, 3.05) is 0 Å². The van der Waals surface area contributed by atoms with E-state index in [0.717, 1.165) is 0 Å². The van der Waals surface area contributed by atoms with Crippen molar-refractivity contribution in [2.24, 2.45) is 5.73 Å². The average Bonchev–Trinajstić information content (AvgIpc) is 2.21. The van der Waals surface area contributed by atoms with Crippen molar-refractivity contribution in [3.63, 3.8) is 0 Å². The lowest BCUT2D eigenvalue weighted by molar-refractivity contribution is -0.132. The van der Waals surface area contributed by atoms with Crippen LogP contribution in [0.4, 0.5) is 8.78 Å². The van der Waals surface area contributed by atoms with Gasteiger partial charge in [0.05, 0.1) is 0 Å². The van der Waals surface area contributed by atoms with Crippen LogP contribution in [0.5, 0.6) is 5.75 Å². The Morgan fingerprint density at radius 3 is 2.25 bits per heavy atom. The highest BCUT2D eigenvalue weighted by Crippen LogP contribution is 2.28. The zero-order valence-electron chi connectivity index (χ0n) is 7.89. The SMILES string of the molecule is NC(=O)C(O)C(O)c1cc(F)c(F)cc1O. The van der Waals surface area contributed by atoms with Gasteiger partial charge in [0.25, 0.3) is 0 Å². The molecule has 0 radical (unpaired) electrons. The summed E-state index contributed by atoms with van der Waals surface area (Å²) in [5.41, 5.74) is 4.17. The minimum Gasteiger partial charge on any atom is -0.507 e. The van der Waals surface area contributed by atoms with Crippen LogP contribution in [0.25, 0.3) is 0 Å². The number of rotatable bonds is 3. The van der Waals surface area contributed by atoms with Crippen LogP contribution in [0.1, 0.15) is 11.7 Å². The molecule has 0 saturated carbocycles. The first-order valence-electron chi connectivity index (χ1n) is 4.18. The summed E-state index contributed by atoms with van der Waals surface area (Å²) < 4.78 is 25.4. The van der Waals surface area contributed by atoms with E-state index < -0.39 is 41.1 Å². The van der Waals surface area contributed by atoms with Crippen LogP contribution in [-0.4, -0.2) is 27.3 Å². The molecule has 0 spiro atoms. The summed E-state index contributed by atoms with van der Waals surface area (Å²) in [6, 6.07) is 0.892. The van der Waals surface area contributed by atoms with E-state index in [0.29, 0.717) is 12.1 Å². The normalized spacial score (nSPS) is 14.5. The number of hydrogen-bond donors (Lipinski definition) is 4. The van der Waals surface area contributed by atoms with Gasteiger partial charge in [-0.25, -0.2) is 8.78 Å². The molecule has 0 heterocycles. The minimum atomic E-state index is -2.02. The lowest BCUT2D eigenvalue weighted by atomic mass is 10.0. The van der Waals surface area contributed by atoms with E-state index in [1.807, 2.05) is 0 Å². The van der Waals surface area contributed by atoms with Crippen LogP contribution in [0.3, 0.4) is 0 Å². The Kier molecular flexibility index (Phi) is 3.41. The number of phenols is 1. The second kappa shape index (κ2) is 4.42. The fourth-order valence-corrected chi connectivity index (χ4v) is 1.11. The molecule has 0 bridgehead atoms. The van der Waals surface area contributed by atoms with Gasteiger partial charge in [-0.15, -0.1) is 0 Å². The topological polar surface area (TPSA) is 104 Å². The average molecular weight is 233 g/mol. The molecule has 2 atom stereocenters. The molecule has 16 heavy (non-hydrogen) atoms. The fraction of sp³-hybridized carbons (Fsp3) is 0.222. The van der Waals surface area contributed by atoms with Gasteiger partial charge in [0, 0.05) is 11.6 Å². The van der Waals surface area contributed by atoms with Crippen molar-refractivity contribution >= 4 is 5.91 Å². The van der Waals surface area contributed by atoms with E-state index in [1.165, 1.54) is 0 Å². The van der Waals surface area contributed by atoms with Crippen LogP contribution < -0.4 is 5.73 Å². The predicted molar refractivity (Wildman–Crippen MR) is 48.2 cm³/mol. The van der Waals surface area contributed by atoms with Crippen molar-refractivity contribution < 1.29 is 28.9 Å². The second-order valence-electron chi connectivity index (χ2n) is 3.12. The third kappa shape index (κ3) is 2.26. The number of nitrogens with two attached hydrogens (primary N) is 1. The highest BCUT2D eigenvalue weighted by molar-refractivity contribution is 5.79. The van der Waals surface area contributed by atoms with E-state index >= 15 is 0 Å². The first-order chi connectivity index (χ1) is 7.34. The zero-order valence-corrected chi connectivity index (χ0v) is 7.89. The Balaban J connectivity index is 3.13. The molecule has 1 aromatic rings. The molecule has 1 aromatic carbocycles. The smallest absolute Gasteiger partial charge is 0.249 e. The number of amides is 1. The first-order valence-corrected chi connectivity index (χ1v) is 4.18. The monoisotopic (exact) mass is 233 g/mol. The van der Waals surface area contributed by atoms with Gasteiger partial charge in [-0.3, -0.25) is 4.79 Å². The lowest BCUT2D eigenvalue weighted by Crippen LogP contribution is -2.33. The summed E-state index contributed by atoms with van der Waals surface area (Å²) in [5.74, 6) is -4.69. The predicted octanol–water partition coefficient (Wildman–Crippen LogP) is -0.450. The number of carbonyl (C=O) groups is 1. The Hall–Kier alpha value is -1.73. The molecule has 0 aliphatic carbocycles. The van der Waals surface area contributed by atoms with Crippen LogP contribution in [-0.2, 0) is 4.79 Å². The maximum Gasteiger partial charge on any atom is 0.249 e. The van der Waals surface area contributed by atoms with Crippen molar-refractivity contribution in [1.82, 2.24) is 0 Å². The Labute approximate surface area is 88.7 Å². The molecule has 1 rings (SSSR count). The second-order valence-corrected chi connectivity index (χ2v) is 3.12. The molecular weight excluding hydrogens is 224 g/mol. The number of phenolic OH excluding ortho intramolecular Hbond substituents is 1. The molecule has 88 valence electrons. The summed E-state index contributed by atoms with van der Waals surface area (Å²) in [6.07, 6.45) is -3.94. The number of halogens is 2. The third-order valence-corrected chi connectivity index (χ3v) is 1.98. The van der Waals surface area contributed by atoms with E-state index in [4.69, 9.17) is 10.8 Å². The number of hydrogen-bond acceptors (Lipinski definition) is 4. The highest BCUT2D eigenvalue weighted by atomic mass is 19.2. The molecule has 0 aliphatic rings. The third-order valence-electron chi connectivity index (χ3n) is 1.98. The maximum atomic E-state index is 12.8. The number of aliphatic hydroxyl groups excluding tert-OH is 2. The molecule has 0 saturated heterocycles. The van der Waals surface area contributed by atoms with Crippen LogP contribution in [0.2, 0.25) is 0 Å². The number of aromatic hydroxyl groups is 1. The molecule has 5 nitrogen and oxygen atoms in total. The number of carbonyl (C=O) groups excluding carboxylic acids is 1. The van der Waals surface area contributed by atoms with Gasteiger partial charge in [-0.05, 0) is 6.07 Å². The van der Waals surface area contributed by atoms with E-state index in [1.54, 1.807) is 0 Å². The van der Waals surface area contributed by atoms with Crippen molar-refractivity contribution in [1.29, 1.82) is 0 Å². The summed E-state index contributed by atoms with van der Waals surface area (Å²) in [5, 5.41) is 27.6. The van der Waals surface area contributed by atoms with Gasteiger partial charge >= 0.3 is 0 Å². The van der Waals surface area contributed by atoms with Gasteiger partial charge in [-0.1, -0.05) is 0 Å². The molecule has 0 fully saturated rings. The standard InChI is InChI=1S/C9H9F2NO4/c10-4-1-3(6(13)2-5(4)11)7(14)8(15)9(12)16/h1-2,7-8,13-15H,(H2,12,16). The van der Waals surface area contributed by atoms with Gasteiger partial charge in [0.15, 0.2) is 17.7 Å². The Bertz CT molecular complexity index is 424. The molecule has 2 unspecified atom stereocenters. The van der Waals surface area contributed by atoms with Crippen molar-refractivity contribution in [3.8, 4) is 5.75 Å². The molecule has 5 N–H and O–H groups in total. The van der Waals surface area contributed by atoms with Gasteiger partial charge in [0.1, 0.15) is 11.9 Å². The number of aliphatic hydroxyl groups is 2. The summed E-state index contributed by atoms with van der Waals surface area (Å²) in [7, 11) is 0. The van der Waals surface area contributed by atoms with Crippen LogP contribution >= 0.6 is 0 Å². The lowest BCUT2D eigenvalue weighted by Gasteiger charge is -2.16. The van der Waals surface area contributed by atoms with Crippen molar-refractivity contribution in [2.45, 2.75) is 12.2 Å². The maximum absolute atomic E-state index is 12.8. The number of primary amides is 1. The van der Waals surface area contributed by atoms with Gasteiger partial charge in [0.2, 0.25) is 5.91 Å². The minimum absolute atomic E-state index is 0.418. The summed E-state index contributed by atoms with van der Waals surface area (Å²) in [4.78, 5) is 10.5. The quantitative estimate of drug-likeness (QED) is 0.567. The molecule has 0 aromatic heterocycles. The zero-order chi connectivity index (χ0) is 12.5. The van der Waals surface area contributed by atoms with Gasteiger partial charge < -0.3 is 21.1 Å². The van der Waals surface area contributed by atoms with Gasteiger partial charge in [-0.2, -0.15) is 0 Å².